The van der Waals surface area contributed by atoms with Crippen LogP contribution in [0.15, 0.2) is 35.4 Å². The largest absolute Gasteiger partial charge is 0.331 e. The summed E-state index contributed by atoms with van der Waals surface area (Å²) in [5.41, 5.74) is 6.20. The van der Waals surface area contributed by atoms with Gasteiger partial charge in [0.15, 0.2) is 5.11 Å². The van der Waals surface area contributed by atoms with Crippen LogP contribution >= 0.6 is 23.6 Å². The van der Waals surface area contributed by atoms with Crippen molar-refractivity contribution in [3.05, 3.63) is 57.0 Å². The molecule has 27 heavy (non-hydrogen) atoms. The Morgan fingerprint density at radius 2 is 1.96 bits per heavy atom. The fourth-order valence-electron chi connectivity index (χ4n) is 3.45. The SMILES string of the molecule is CC(C)c1ccc(NC(=S)Nn2cnc3sc4c(c3c2=O)CCCC4)cc1. The molecule has 0 radical (unpaired) electrons. The average Bonchev–Trinajstić information content (AvgIpc) is 3.04. The third-order valence-electron chi connectivity index (χ3n) is 4.93. The number of fused-ring (bicyclic) bond motifs is 3. The molecule has 0 unspecified atom stereocenters. The molecule has 5 nitrogen and oxygen atoms in total. The summed E-state index contributed by atoms with van der Waals surface area (Å²) in [5, 5.41) is 4.23. The van der Waals surface area contributed by atoms with Gasteiger partial charge in [0.2, 0.25) is 0 Å². The van der Waals surface area contributed by atoms with E-state index in [0.717, 1.165) is 35.2 Å². The van der Waals surface area contributed by atoms with E-state index in [9.17, 15) is 4.79 Å². The lowest BCUT2D eigenvalue weighted by molar-refractivity contribution is 0.699. The fraction of sp³-hybridized carbons (Fsp3) is 0.350. The first-order valence-corrected chi connectivity index (χ1v) is 10.5. The van der Waals surface area contributed by atoms with E-state index in [1.54, 1.807) is 11.3 Å². The molecule has 0 saturated carbocycles. The first kappa shape index (κ1) is 18.1. The summed E-state index contributed by atoms with van der Waals surface area (Å²) < 4.78 is 1.38. The van der Waals surface area contributed by atoms with Gasteiger partial charge < -0.3 is 5.32 Å². The number of hydrogen-bond acceptors (Lipinski definition) is 4. The van der Waals surface area contributed by atoms with Crippen LogP contribution in [0.2, 0.25) is 0 Å². The second kappa shape index (κ2) is 7.40. The van der Waals surface area contributed by atoms with Crippen molar-refractivity contribution in [1.29, 1.82) is 0 Å². The van der Waals surface area contributed by atoms with E-state index in [1.165, 1.54) is 33.4 Å². The molecular weight excluding hydrogens is 376 g/mol. The zero-order valence-electron chi connectivity index (χ0n) is 15.4. The van der Waals surface area contributed by atoms with Gasteiger partial charge in [-0.15, -0.1) is 11.3 Å². The van der Waals surface area contributed by atoms with Gasteiger partial charge in [-0.05, 0) is 67.1 Å². The monoisotopic (exact) mass is 398 g/mol. The zero-order chi connectivity index (χ0) is 19.0. The molecule has 0 saturated heterocycles. The summed E-state index contributed by atoms with van der Waals surface area (Å²) >= 11 is 7.03. The molecule has 0 aliphatic heterocycles. The Hall–Kier alpha value is -2.25. The number of nitrogens with zero attached hydrogens (tertiary/aromatic N) is 2. The van der Waals surface area contributed by atoms with Crippen molar-refractivity contribution in [2.45, 2.75) is 45.4 Å². The lowest BCUT2D eigenvalue weighted by atomic mass is 9.97. The Balaban J connectivity index is 1.55. The smallest absolute Gasteiger partial charge is 0.281 e. The number of hydrogen-bond donors (Lipinski definition) is 2. The molecule has 4 rings (SSSR count). The van der Waals surface area contributed by atoms with Crippen LogP contribution in [-0.4, -0.2) is 14.8 Å². The number of anilines is 1. The maximum atomic E-state index is 12.9. The second-order valence-corrected chi connectivity index (χ2v) is 8.65. The minimum absolute atomic E-state index is 0.0845. The van der Waals surface area contributed by atoms with Crippen molar-refractivity contribution >= 4 is 44.6 Å². The molecule has 3 aromatic rings. The molecule has 0 spiro atoms. The Bertz CT molecular complexity index is 1050. The van der Waals surface area contributed by atoms with Gasteiger partial charge in [0.25, 0.3) is 5.56 Å². The average molecular weight is 399 g/mol. The van der Waals surface area contributed by atoms with Crippen molar-refractivity contribution in [2.24, 2.45) is 0 Å². The van der Waals surface area contributed by atoms with Crippen molar-refractivity contribution in [3.63, 3.8) is 0 Å². The summed E-state index contributed by atoms with van der Waals surface area (Å²) in [7, 11) is 0. The van der Waals surface area contributed by atoms with Gasteiger partial charge in [-0.2, -0.15) is 0 Å². The topological polar surface area (TPSA) is 58.9 Å². The van der Waals surface area contributed by atoms with E-state index in [2.05, 4.69) is 41.7 Å². The quantitative estimate of drug-likeness (QED) is 0.641. The van der Waals surface area contributed by atoms with Gasteiger partial charge in [-0.3, -0.25) is 10.2 Å². The van der Waals surface area contributed by atoms with Gasteiger partial charge in [0.05, 0.1) is 5.39 Å². The molecule has 1 aliphatic carbocycles. The second-order valence-electron chi connectivity index (χ2n) is 7.15. The molecule has 2 aromatic heterocycles. The van der Waals surface area contributed by atoms with Crippen LogP contribution in [0.1, 0.15) is 48.6 Å². The Labute approximate surface area is 167 Å². The first-order chi connectivity index (χ1) is 13.0. The van der Waals surface area contributed by atoms with Crippen LogP contribution in [0.4, 0.5) is 5.69 Å². The summed E-state index contributed by atoms with van der Waals surface area (Å²) in [5.74, 6) is 0.483. The highest BCUT2D eigenvalue weighted by Crippen LogP contribution is 2.33. The van der Waals surface area contributed by atoms with E-state index >= 15 is 0 Å². The van der Waals surface area contributed by atoms with E-state index in [4.69, 9.17) is 12.2 Å². The van der Waals surface area contributed by atoms with E-state index in [-0.39, 0.29) is 5.56 Å². The Kier molecular flexibility index (Phi) is 4.97. The number of nitrogens with one attached hydrogen (secondary N) is 2. The zero-order valence-corrected chi connectivity index (χ0v) is 17.0. The molecule has 2 N–H and O–H groups in total. The van der Waals surface area contributed by atoms with E-state index in [1.807, 2.05) is 12.1 Å². The van der Waals surface area contributed by atoms with Crippen LogP contribution < -0.4 is 16.3 Å². The predicted molar refractivity (Wildman–Crippen MR) is 117 cm³/mol. The van der Waals surface area contributed by atoms with E-state index < -0.39 is 0 Å². The molecule has 0 fully saturated rings. The maximum absolute atomic E-state index is 12.9. The van der Waals surface area contributed by atoms with Gasteiger partial charge in [0.1, 0.15) is 11.2 Å². The van der Waals surface area contributed by atoms with Crippen molar-refractivity contribution in [1.82, 2.24) is 9.66 Å². The van der Waals surface area contributed by atoms with Crippen LogP contribution in [0.3, 0.4) is 0 Å². The van der Waals surface area contributed by atoms with Gasteiger partial charge >= 0.3 is 0 Å². The maximum Gasteiger partial charge on any atom is 0.281 e. The Morgan fingerprint density at radius 3 is 2.70 bits per heavy atom. The van der Waals surface area contributed by atoms with Gasteiger partial charge in [-0.1, -0.05) is 26.0 Å². The van der Waals surface area contributed by atoms with E-state index in [0.29, 0.717) is 11.0 Å². The molecule has 0 bridgehead atoms. The lowest BCUT2D eigenvalue weighted by Gasteiger charge is -2.13. The molecule has 0 amide bonds. The number of benzene rings is 1. The molecule has 2 heterocycles. The lowest BCUT2D eigenvalue weighted by Crippen LogP contribution is -2.35. The molecule has 7 heteroatoms. The normalized spacial score (nSPS) is 13.6. The standard InChI is InChI=1S/C20H22N4OS2/c1-12(2)13-7-9-14(10-8-13)22-20(26)23-24-11-21-18-17(19(24)25)15-5-3-4-6-16(15)27-18/h7-12H,3-6H2,1-2H3,(H2,22,23,26). The first-order valence-electron chi connectivity index (χ1n) is 9.23. The summed E-state index contributed by atoms with van der Waals surface area (Å²) in [6.45, 7) is 4.32. The number of aromatic nitrogens is 2. The minimum atomic E-state index is -0.0845. The molecule has 140 valence electrons. The molecular formula is C20H22N4OS2. The number of aryl methyl sites for hydroxylation is 2. The molecule has 0 atom stereocenters. The Morgan fingerprint density at radius 1 is 1.22 bits per heavy atom. The van der Waals surface area contributed by atoms with Crippen molar-refractivity contribution < 1.29 is 0 Å². The number of rotatable bonds is 3. The van der Waals surface area contributed by atoms with Crippen molar-refractivity contribution in [3.8, 4) is 0 Å². The fourth-order valence-corrected chi connectivity index (χ4v) is 4.88. The summed E-state index contributed by atoms with van der Waals surface area (Å²) in [6.07, 6.45) is 5.85. The highest BCUT2D eigenvalue weighted by molar-refractivity contribution is 7.80. The van der Waals surface area contributed by atoms with Crippen LogP contribution in [0.25, 0.3) is 10.2 Å². The third kappa shape index (κ3) is 3.61. The summed E-state index contributed by atoms with van der Waals surface area (Å²) in [4.78, 5) is 19.6. The molecule has 1 aliphatic rings. The number of thiocarbonyl (C=S) groups is 1. The molecule has 1 aromatic carbocycles. The number of thiophene rings is 1. The third-order valence-corrected chi connectivity index (χ3v) is 6.33. The highest BCUT2D eigenvalue weighted by Gasteiger charge is 2.20. The van der Waals surface area contributed by atoms with Crippen LogP contribution in [0.5, 0.6) is 0 Å². The van der Waals surface area contributed by atoms with Gasteiger partial charge in [-0.25, -0.2) is 9.66 Å². The van der Waals surface area contributed by atoms with Crippen LogP contribution in [0, 0.1) is 0 Å². The van der Waals surface area contributed by atoms with Crippen LogP contribution in [-0.2, 0) is 12.8 Å². The van der Waals surface area contributed by atoms with Crippen molar-refractivity contribution in [2.75, 3.05) is 10.7 Å². The minimum Gasteiger partial charge on any atom is -0.331 e. The highest BCUT2D eigenvalue weighted by atomic mass is 32.1. The predicted octanol–water partition coefficient (Wildman–Crippen LogP) is 4.40. The summed E-state index contributed by atoms with van der Waals surface area (Å²) in [6, 6.07) is 8.13. The van der Waals surface area contributed by atoms with Gasteiger partial charge in [0, 0.05) is 10.6 Å².